The maximum atomic E-state index is 11.9. The quantitative estimate of drug-likeness (QED) is 0.766. The molecule has 0 aliphatic heterocycles. The lowest BCUT2D eigenvalue weighted by Gasteiger charge is -2.07. The number of anilines is 1. The van der Waals surface area contributed by atoms with Gasteiger partial charge in [0.25, 0.3) is 0 Å². The standard InChI is InChI=1S/C17H16N4OS/c1-12-8-9-18-16(20-12)13-4-6-14(7-5-13)21-17(22)19-11-15-3-2-10-23-15/h2-10H,11H2,1H3,(H2,19,21,22). The van der Waals surface area contributed by atoms with E-state index in [1.54, 1.807) is 17.5 Å². The van der Waals surface area contributed by atoms with Crippen molar-refractivity contribution in [3.8, 4) is 11.4 Å². The Bertz CT molecular complexity index is 785. The molecule has 0 aliphatic carbocycles. The molecule has 6 heteroatoms. The molecule has 3 rings (SSSR count). The molecule has 0 aliphatic rings. The van der Waals surface area contributed by atoms with Crippen LogP contribution in [0.3, 0.4) is 0 Å². The minimum atomic E-state index is -0.224. The van der Waals surface area contributed by atoms with Crippen LogP contribution < -0.4 is 10.6 Å². The summed E-state index contributed by atoms with van der Waals surface area (Å²) in [5, 5.41) is 7.62. The first-order valence-electron chi connectivity index (χ1n) is 7.18. The summed E-state index contributed by atoms with van der Waals surface area (Å²) < 4.78 is 0. The first kappa shape index (κ1) is 15.2. The number of urea groups is 1. The smallest absolute Gasteiger partial charge is 0.319 e. The highest BCUT2D eigenvalue weighted by Crippen LogP contribution is 2.18. The van der Waals surface area contributed by atoms with E-state index in [2.05, 4.69) is 20.6 Å². The SMILES string of the molecule is Cc1ccnc(-c2ccc(NC(=O)NCc3cccs3)cc2)n1. The fraction of sp³-hybridized carbons (Fsp3) is 0.118. The van der Waals surface area contributed by atoms with E-state index in [-0.39, 0.29) is 6.03 Å². The van der Waals surface area contributed by atoms with Crippen molar-refractivity contribution in [3.63, 3.8) is 0 Å². The number of carbonyl (C=O) groups is 1. The third kappa shape index (κ3) is 4.14. The van der Waals surface area contributed by atoms with Gasteiger partial charge in [0, 0.05) is 28.0 Å². The Hall–Kier alpha value is -2.73. The number of amides is 2. The molecule has 0 spiro atoms. The molecule has 2 amide bonds. The average Bonchev–Trinajstić information content (AvgIpc) is 3.07. The molecular formula is C17H16N4OS. The normalized spacial score (nSPS) is 10.3. The zero-order chi connectivity index (χ0) is 16.1. The summed E-state index contributed by atoms with van der Waals surface area (Å²) in [6.07, 6.45) is 1.74. The monoisotopic (exact) mass is 324 g/mol. The number of aryl methyl sites for hydroxylation is 1. The molecule has 2 aromatic heterocycles. The van der Waals surface area contributed by atoms with Gasteiger partial charge < -0.3 is 10.6 Å². The Morgan fingerprint density at radius 3 is 2.70 bits per heavy atom. The molecule has 0 bridgehead atoms. The van der Waals surface area contributed by atoms with Gasteiger partial charge in [-0.2, -0.15) is 0 Å². The summed E-state index contributed by atoms with van der Waals surface area (Å²) >= 11 is 1.62. The summed E-state index contributed by atoms with van der Waals surface area (Å²) in [5.74, 6) is 0.679. The van der Waals surface area contributed by atoms with Crippen molar-refractivity contribution in [1.29, 1.82) is 0 Å². The van der Waals surface area contributed by atoms with E-state index >= 15 is 0 Å². The van der Waals surface area contributed by atoms with E-state index in [4.69, 9.17) is 0 Å². The van der Waals surface area contributed by atoms with Gasteiger partial charge >= 0.3 is 6.03 Å². The van der Waals surface area contributed by atoms with Crippen molar-refractivity contribution in [2.75, 3.05) is 5.32 Å². The molecule has 5 nitrogen and oxygen atoms in total. The van der Waals surface area contributed by atoms with E-state index in [1.807, 2.05) is 54.8 Å². The van der Waals surface area contributed by atoms with Crippen molar-refractivity contribution in [3.05, 3.63) is 64.6 Å². The third-order valence-electron chi connectivity index (χ3n) is 3.20. The lowest BCUT2D eigenvalue weighted by atomic mass is 10.2. The summed E-state index contributed by atoms with van der Waals surface area (Å²) in [7, 11) is 0. The number of thiophene rings is 1. The van der Waals surface area contributed by atoms with Crippen LogP contribution in [0.2, 0.25) is 0 Å². The average molecular weight is 324 g/mol. The maximum absolute atomic E-state index is 11.9. The van der Waals surface area contributed by atoms with Crippen LogP contribution in [0.15, 0.2) is 54.0 Å². The summed E-state index contributed by atoms with van der Waals surface area (Å²) in [5.41, 5.74) is 2.56. The number of nitrogens with one attached hydrogen (secondary N) is 2. The number of nitrogens with zero attached hydrogens (tertiary/aromatic N) is 2. The fourth-order valence-corrected chi connectivity index (χ4v) is 2.69. The molecule has 0 unspecified atom stereocenters. The van der Waals surface area contributed by atoms with Crippen molar-refractivity contribution in [2.45, 2.75) is 13.5 Å². The van der Waals surface area contributed by atoms with Crippen LogP contribution in [-0.2, 0) is 6.54 Å². The summed E-state index contributed by atoms with van der Waals surface area (Å²) in [6.45, 7) is 2.46. The van der Waals surface area contributed by atoms with E-state index in [0.717, 1.165) is 21.8 Å². The predicted molar refractivity (Wildman–Crippen MR) is 92.4 cm³/mol. The van der Waals surface area contributed by atoms with E-state index in [0.29, 0.717) is 12.4 Å². The molecule has 0 atom stereocenters. The molecule has 0 fully saturated rings. The Balaban J connectivity index is 1.60. The highest BCUT2D eigenvalue weighted by atomic mass is 32.1. The Morgan fingerprint density at radius 1 is 1.17 bits per heavy atom. The van der Waals surface area contributed by atoms with Gasteiger partial charge in [-0.3, -0.25) is 0 Å². The van der Waals surface area contributed by atoms with Crippen LogP contribution in [0.4, 0.5) is 10.5 Å². The number of benzene rings is 1. The highest BCUT2D eigenvalue weighted by molar-refractivity contribution is 7.09. The second-order valence-corrected chi connectivity index (χ2v) is 6.02. The molecule has 116 valence electrons. The van der Waals surface area contributed by atoms with Crippen molar-refractivity contribution < 1.29 is 4.79 Å². The minimum Gasteiger partial charge on any atom is -0.333 e. The van der Waals surface area contributed by atoms with Gasteiger partial charge in [-0.15, -0.1) is 11.3 Å². The second kappa shape index (κ2) is 7.02. The van der Waals surface area contributed by atoms with Gasteiger partial charge in [0.15, 0.2) is 5.82 Å². The number of aromatic nitrogens is 2. The molecule has 3 aromatic rings. The van der Waals surface area contributed by atoms with Crippen LogP contribution in [0.25, 0.3) is 11.4 Å². The molecule has 2 heterocycles. The Kier molecular flexibility index (Phi) is 4.63. The maximum Gasteiger partial charge on any atom is 0.319 e. The molecule has 0 saturated heterocycles. The first-order valence-corrected chi connectivity index (χ1v) is 8.06. The van der Waals surface area contributed by atoms with Gasteiger partial charge in [0.05, 0.1) is 6.54 Å². The molecule has 1 aromatic carbocycles. The van der Waals surface area contributed by atoms with Crippen LogP contribution in [0, 0.1) is 6.92 Å². The second-order valence-electron chi connectivity index (χ2n) is 4.99. The highest BCUT2D eigenvalue weighted by Gasteiger charge is 2.04. The first-order chi connectivity index (χ1) is 11.2. The van der Waals surface area contributed by atoms with E-state index < -0.39 is 0 Å². The van der Waals surface area contributed by atoms with Crippen LogP contribution in [-0.4, -0.2) is 16.0 Å². The van der Waals surface area contributed by atoms with Gasteiger partial charge in [0.2, 0.25) is 0 Å². The number of hydrogen-bond donors (Lipinski definition) is 2. The van der Waals surface area contributed by atoms with E-state index in [1.165, 1.54) is 0 Å². The summed E-state index contributed by atoms with van der Waals surface area (Å²) in [6, 6.07) is 13.0. The molecule has 0 saturated carbocycles. The fourth-order valence-electron chi connectivity index (χ4n) is 2.05. The van der Waals surface area contributed by atoms with Gasteiger partial charge in [-0.05, 0) is 48.7 Å². The van der Waals surface area contributed by atoms with E-state index in [9.17, 15) is 4.79 Å². The van der Waals surface area contributed by atoms with Crippen molar-refractivity contribution in [1.82, 2.24) is 15.3 Å². The minimum absolute atomic E-state index is 0.224. The number of hydrogen-bond acceptors (Lipinski definition) is 4. The molecule has 0 radical (unpaired) electrons. The number of rotatable bonds is 4. The van der Waals surface area contributed by atoms with Crippen LogP contribution in [0.5, 0.6) is 0 Å². The van der Waals surface area contributed by atoms with Crippen molar-refractivity contribution >= 4 is 23.1 Å². The predicted octanol–water partition coefficient (Wildman–Crippen LogP) is 3.84. The largest absolute Gasteiger partial charge is 0.333 e. The lowest BCUT2D eigenvalue weighted by Crippen LogP contribution is -2.27. The van der Waals surface area contributed by atoms with Crippen LogP contribution >= 0.6 is 11.3 Å². The Morgan fingerprint density at radius 2 is 2.00 bits per heavy atom. The zero-order valence-electron chi connectivity index (χ0n) is 12.6. The van der Waals surface area contributed by atoms with Gasteiger partial charge in [-0.1, -0.05) is 6.07 Å². The van der Waals surface area contributed by atoms with Gasteiger partial charge in [-0.25, -0.2) is 14.8 Å². The topological polar surface area (TPSA) is 66.9 Å². The zero-order valence-corrected chi connectivity index (χ0v) is 13.4. The van der Waals surface area contributed by atoms with Gasteiger partial charge in [0.1, 0.15) is 0 Å². The van der Waals surface area contributed by atoms with Crippen LogP contribution in [0.1, 0.15) is 10.6 Å². The lowest BCUT2D eigenvalue weighted by molar-refractivity contribution is 0.252. The molecule has 2 N–H and O–H groups in total. The van der Waals surface area contributed by atoms with Crippen molar-refractivity contribution in [2.24, 2.45) is 0 Å². The third-order valence-corrected chi connectivity index (χ3v) is 4.08. The number of carbonyl (C=O) groups excluding carboxylic acids is 1. The molecular weight excluding hydrogens is 308 g/mol. The molecule has 23 heavy (non-hydrogen) atoms. The summed E-state index contributed by atoms with van der Waals surface area (Å²) in [4.78, 5) is 21.6. The Labute approximate surface area is 138 Å².